The van der Waals surface area contributed by atoms with Crippen LogP contribution in [0.1, 0.15) is 46.0 Å². The lowest BCUT2D eigenvalue weighted by molar-refractivity contribution is -0.144. The molecule has 1 heterocycles. The fraction of sp³-hybridized carbons (Fsp3) is 0.867. The van der Waals surface area contributed by atoms with Gasteiger partial charge < -0.3 is 14.9 Å². The number of urea groups is 1. The topological polar surface area (TPSA) is 60.9 Å². The van der Waals surface area contributed by atoms with Crippen molar-refractivity contribution >= 4 is 12.0 Å². The number of rotatable bonds is 4. The van der Waals surface area contributed by atoms with Crippen LogP contribution < -0.4 is 0 Å². The number of carbonyl (C=O) groups excluding carboxylic acids is 1. The summed E-state index contributed by atoms with van der Waals surface area (Å²) in [6, 6.07) is -0.567. The van der Waals surface area contributed by atoms with Gasteiger partial charge in [0.05, 0.1) is 0 Å². The first-order valence-corrected chi connectivity index (χ1v) is 7.71. The standard InChI is InChI=1S/C15H26N2O3/c1-4-11-7-8-17(13(9-11)14(18)19)15(20)16(3)10(2)12-5-6-12/h10-13H,4-9H2,1-3H3,(H,18,19). The van der Waals surface area contributed by atoms with Crippen LogP contribution in [0.15, 0.2) is 0 Å². The first-order chi connectivity index (χ1) is 9.45. The molecule has 0 aromatic rings. The highest BCUT2D eigenvalue weighted by Crippen LogP contribution is 2.35. The zero-order chi connectivity index (χ0) is 14.9. The molecular formula is C15H26N2O3. The summed E-state index contributed by atoms with van der Waals surface area (Å²) in [4.78, 5) is 27.3. The number of carbonyl (C=O) groups is 2. The normalized spacial score (nSPS) is 28.1. The molecule has 20 heavy (non-hydrogen) atoms. The van der Waals surface area contributed by atoms with Crippen LogP contribution in [0.25, 0.3) is 0 Å². The molecular weight excluding hydrogens is 256 g/mol. The molecule has 114 valence electrons. The van der Waals surface area contributed by atoms with Gasteiger partial charge in [0.15, 0.2) is 0 Å². The van der Waals surface area contributed by atoms with Crippen molar-refractivity contribution in [1.82, 2.24) is 9.80 Å². The number of hydrogen-bond acceptors (Lipinski definition) is 2. The maximum atomic E-state index is 12.6. The Labute approximate surface area is 120 Å². The number of likely N-dealkylation sites (tertiary alicyclic amines) is 1. The monoisotopic (exact) mass is 282 g/mol. The van der Waals surface area contributed by atoms with Gasteiger partial charge in [0, 0.05) is 19.6 Å². The molecule has 3 atom stereocenters. The van der Waals surface area contributed by atoms with Gasteiger partial charge in [-0.3, -0.25) is 0 Å². The summed E-state index contributed by atoms with van der Waals surface area (Å²) in [6.45, 7) is 4.71. The summed E-state index contributed by atoms with van der Waals surface area (Å²) in [5, 5.41) is 9.40. The lowest BCUT2D eigenvalue weighted by atomic mass is 9.89. The number of nitrogens with zero attached hydrogens (tertiary/aromatic N) is 2. The maximum absolute atomic E-state index is 12.6. The molecule has 2 fully saturated rings. The Morgan fingerprint density at radius 2 is 2.00 bits per heavy atom. The molecule has 0 aromatic heterocycles. The van der Waals surface area contributed by atoms with Crippen LogP contribution in [0.5, 0.6) is 0 Å². The van der Waals surface area contributed by atoms with Crippen LogP contribution in [-0.2, 0) is 4.79 Å². The van der Waals surface area contributed by atoms with Crippen LogP contribution in [0.3, 0.4) is 0 Å². The number of carboxylic acid groups (broad SMARTS) is 1. The first-order valence-electron chi connectivity index (χ1n) is 7.71. The van der Waals surface area contributed by atoms with Gasteiger partial charge in [0.2, 0.25) is 0 Å². The van der Waals surface area contributed by atoms with Crippen molar-refractivity contribution in [2.45, 2.75) is 58.0 Å². The molecule has 5 nitrogen and oxygen atoms in total. The summed E-state index contributed by atoms with van der Waals surface area (Å²) in [5.74, 6) is 0.149. The van der Waals surface area contributed by atoms with Crippen molar-refractivity contribution in [3.8, 4) is 0 Å². The third-order valence-corrected chi connectivity index (χ3v) is 5.04. The van der Waals surface area contributed by atoms with E-state index in [-0.39, 0.29) is 12.1 Å². The van der Waals surface area contributed by atoms with E-state index in [0.717, 1.165) is 12.8 Å². The highest BCUT2D eigenvalue weighted by Gasteiger charge is 2.39. The van der Waals surface area contributed by atoms with Gasteiger partial charge >= 0.3 is 12.0 Å². The predicted octanol–water partition coefficient (Wildman–Crippen LogP) is 2.41. The summed E-state index contributed by atoms with van der Waals surface area (Å²) in [6.07, 6.45) is 4.85. The van der Waals surface area contributed by atoms with E-state index in [2.05, 4.69) is 13.8 Å². The van der Waals surface area contributed by atoms with Gasteiger partial charge in [-0.1, -0.05) is 13.3 Å². The second-order valence-electron chi connectivity index (χ2n) is 6.32. The number of carboxylic acids is 1. The fourth-order valence-electron chi connectivity index (χ4n) is 3.14. The lowest BCUT2D eigenvalue weighted by Crippen LogP contribution is -2.55. The van der Waals surface area contributed by atoms with E-state index in [1.165, 1.54) is 12.8 Å². The summed E-state index contributed by atoms with van der Waals surface area (Å²) >= 11 is 0. The van der Waals surface area contributed by atoms with Gasteiger partial charge in [-0.2, -0.15) is 0 Å². The second kappa shape index (κ2) is 6.02. The average Bonchev–Trinajstić information content (AvgIpc) is 3.28. The lowest BCUT2D eigenvalue weighted by Gasteiger charge is -2.40. The quantitative estimate of drug-likeness (QED) is 0.861. The van der Waals surface area contributed by atoms with Crippen molar-refractivity contribution in [3.63, 3.8) is 0 Å². The molecule has 1 N–H and O–H groups in total. The number of amides is 2. The molecule has 1 saturated carbocycles. The molecule has 5 heteroatoms. The van der Waals surface area contributed by atoms with Gasteiger partial charge in [-0.15, -0.1) is 0 Å². The molecule has 0 bridgehead atoms. The van der Waals surface area contributed by atoms with Crippen molar-refractivity contribution in [3.05, 3.63) is 0 Å². The van der Waals surface area contributed by atoms with E-state index < -0.39 is 12.0 Å². The Hall–Kier alpha value is -1.26. The molecule has 1 saturated heterocycles. The van der Waals surface area contributed by atoms with Crippen molar-refractivity contribution in [1.29, 1.82) is 0 Å². The first kappa shape index (κ1) is 15.1. The third-order valence-electron chi connectivity index (χ3n) is 5.04. The number of piperidine rings is 1. The third kappa shape index (κ3) is 3.07. The highest BCUT2D eigenvalue weighted by molar-refractivity contribution is 5.83. The van der Waals surface area contributed by atoms with Crippen LogP contribution >= 0.6 is 0 Å². The smallest absolute Gasteiger partial charge is 0.326 e. The number of aliphatic carboxylic acids is 1. The molecule has 3 unspecified atom stereocenters. The fourth-order valence-corrected chi connectivity index (χ4v) is 3.14. The van der Waals surface area contributed by atoms with Gasteiger partial charge in [-0.25, -0.2) is 9.59 Å². The average molecular weight is 282 g/mol. The SMILES string of the molecule is CCC1CCN(C(=O)N(C)C(C)C2CC2)C(C(=O)O)C1. The minimum Gasteiger partial charge on any atom is -0.480 e. The Bertz CT molecular complexity index is 381. The van der Waals surface area contributed by atoms with Crippen molar-refractivity contribution < 1.29 is 14.7 Å². The van der Waals surface area contributed by atoms with Crippen LogP contribution in [0.2, 0.25) is 0 Å². The molecule has 2 amide bonds. The van der Waals surface area contributed by atoms with E-state index >= 15 is 0 Å². The van der Waals surface area contributed by atoms with Crippen LogP contribution in [-0.4, -0.2) is 52.6 Å². The van der Waals surface area contributed by atoms with E-state index in [0.29, 0.717) is 24.8 Å². The maximum Gasteiger partial charge on any atom is 0.326 e. The molecule has 0 radical (unpaired) electrons. The summed E-state index contributed by atoms with van der Waals surface area (Å²) in [7, 11) is 1.80. The van der Waals surface area contributed by atoms with Crippen LogP contribution in [0.4, 0.5) is 4.79 Å². The predicted molar refractivity (Wildman–Crippen MR) is 76.5 cm³/mol. The van der Waals surface area contributed by atoms with E-state index in [4.69, 9.17) is 0 Å². The molecule has 0 aromatic carbocycles. The zero-order valence-corrected chi connectivity index (χ0v) is 12.7. The van der Waals surface area contributed by atoms with E-state index in [1.807, 2.05) is 0 Å². The molecule has 1 aliphatic heterocycles. The Balaban J connectivity index is 2.04. The minimum atomic E-state index is -0.871. The summed E-state index contributed by atoms with van der Waals surface area (Å²) < 4.78 is 0. The second-order valence-corrected chi connectivity index (χ2v) is 6.32. The minimum absolute atomic E-state index is 0.119. The van der Waals surface area contributed by atoms with Gasteiger partial charge in [0.25, 0.3) is 0 Å². The largest absolute Gasteiger partial charge is 0.480 e. The van der Waals surface area contributed by atoms with E-state index in [1.54, 1.807) is 16.8 Å². The Morgan fingerprint density at radius 3 is 2.50 bits per heavy atom. The Morgan fingerprint density at radius 1 is 1.35 bits per heavy atom. The zero-order valence-electron chi connectivity index (χ0n) is 12.7. The number of hydrogen-bond donors (Lipinski definition) is 1. The molecule has 2 rings (SSSR count). The highest BCUT2D eigenvalue weighted by atomic mass is 16.4. The van der Waals surface area contributed by atoms with Crippen LogP contribution in [0, 0.1) is 11.8 Å². The molecule has 1 aliphatic carbocycles. The van der Waals surface area contributed by atoms with Crippen molar-refractivity contribution in [2.75, 3.05) is 13.6 Å². The molecule has 0 spiro atoms. The van der Waals surface area contributed by atoms with Gasteiger partial charge in [0.1, 0.15) is 6.04 Å². The van der Waals surface area contributed by atoms with Crippen molar-refractivity contribution in [2.24, 2.45) is 11.8 Å². The Kier molecular flexibility index (Phi) is 4.55. The summed E-state index contributed by atoms with van der Waals surface area (Å²) in [5.41, 5.74) is 0. The van der Waals surface area contributed by atoms with Gasteiger partial charge in [-0.05, 0) is 44.4 Å². The molecule has 2 aliphatic rings. The van der Waals surface area contributed by atoms with E-state index in [9.17, 15) is 14.7 Å².